The molecule has 3 aliphatic heterocycles. The first-order valence-electron chi connectivity index (χ1n) is 19.2. The number of sulfonamides is 1. The zero-order valence-corrected chi connectivity index (χ0v) is 31.0. The van der Waals surface area contributed by atoms with Crippen molar-refractivity contribution in [3.05, 3.63) is 48.2 Å². The van der Waals surface area contributed by atoms with E-state index >= 15 is 0 Å². The smallest absolute Gasteiger partial charge is 0.407 e. The summed E-state index contributed by atoms with van der Waals surface area (Å²) in [6, 6.07) is 6.07. The molecule has 0 unspecified atom stereocenters. The van der Waals surface area contributed by atoms with Crippen LogP contribution in [0, 0.1) is 5.92 Å². The van der Waals surface area contributed by atoms with E-state index in [9.17, 15) is 32.4 Å². The molecule has 54 heavy (non-hydrogen) atoms. The van der Waals surface area contributed by atoms with Gasteiger partial charge in [0.05, 0.1) is 24.5 Å². The number of aromatic nitrogens is 1. The Morgan fingerprint density at radius 3 is 2.48 bits per heavy atom. The summed E-state index contributed by atoms with van der Waals surface area (Å²) in [5.41, 5.74) is -0.892. The number of nitrogens with one attached hydrogen (secondary N) is 4. The van der Waals surface area contributed by atoms with Crippen molar-refractivity contribution in [1.82, 2.24) is 30.6 Å². The largest absolute Gasteiger partial charge is 0.491 e. The standard InChI is InChI=1S/C38H48N6O9S/c45-33-28-18-15-24-11-10-14-31(32(24)40-28)52-19-8-4-5-9-20-53-37(49)39-26-21-30-34(46)42-38(36(48)43-54(50,51)27-16-17-27)22-25(38)12-6-2-1-3-7-13-29(41-33)35(47)44(30)23-26/h6,10-12,14-15,18,25-27,29-30H,1-5,7-9,13,16-17,19-23H2,(H,39,49)(H,41,45)(H,42,46)(H,43,48)/b12-6-/t25-,26-,29+,30+,38-/m1/s1. The molecule has 3 fully saturated rings. The summed E-state index contributed by atoms with van der Waals surface area (Å²) < 4.78 is 39.3. The van der Waals surface area contributed by atoms with Crippen LogP contribution in [0.5, 0.6) is 5.75 Å². The molecule has 1 aromatic heterocycles. The number of benzene rings is 1. The lowest BCUT2D eigenvalue weighted by Crippen LogP contribution is -2.58. The number of hydrogen-bond donors (Lipinski definition) is 4. The molecule has 2 aliphatic carbocycles. The van der Waals surface area contributed by atoms with Gasteiger partial charge in [0, 0.05) is 17.8 Å². The summed E-state index contributed by atoms with van der Waals surface area (Å²) in [4.78, 5) is 75.1. The number of fused-ring (bicyclic) bond motifs is 4. The molecule has 15 nitrogen and oxygen atoms in total. The van der Waals surface area contributed by atoms with Crippen LogP contribution in [0.2, 0.25) is 0 Å². The molecular weight excluding hydrogens is 717 g/mol. The van der Waals surface area contributed by atoms with Crippen molar-refractivity contribution in [3.8, 4) is 5.75 Å². The molecule has 7 rings (SSSR count). The Morgan fingerprint density at radius 2 is 1.69 bits per heavy atom. The van der Waals surface area contributed by atoms with E-state index in [2.05, 4.69) is 25.7 Å². The third kappa shape index (κ3) is 8.48. The topological polar surface area (TPSA) is 202 Å². The third-order valence-electron chi connectivity index (χ3n) is 11.0. The van der Waals surface area contributed by atoms with E-state index < -0.39 is 74.6 Å². The summed E-state index contributed by atoms with van der Waals surface area (Å²) in [6.07, 6.45) is 10.4. The molecule has 1 aromatic carbocycles. The van der Waals surface area contributed by atoms with Gasteiger partial charge in [0.15, 0.2) is 0 Å². The van der Waals surface area contributed by atoms with Gasteiger partial charge in [-0.15, -0.1) is 0 Å². The van der Waals surface area contributed by atoms with E-state index in [0.29, 0.717) is 50.0 Å². The Morgan fingerprint density at radius 1 is 0.907 bits per heavy atom. The quantitative estimate of drug-likeness (QED) is 0.337. The molecule has 5 bridgehead atoms. The number of cyclic esters (lactones) is 1. The highest BCUT2D eigenvalue weighted by molar-refractivity contribution is 7.91. The third-order valence-corrected chi connectivity index (χ3v) is 12.8. The van der Waals surface area contributed by atoms with Gasteiger partial charge < -0.3 is 30.3 Å². The zero-order chi connectivity index (χ0) is 37.9. The molecule has 5 amide bonds. The lowest BCUT2D eigenvalue weighted by molar-refractivity contribution is -0.141. The number of para-hydroxylation sites is 1. The van der Waals surface area contributed by atoms with Crippen molar-refractivity contribution in [3.63, 3.8) is 0 Å². The van der Waals surface area contributed by atoms with E-state index in [0.717, 1.165) is 37.5 Å². The number of alkyl carbamates (subject to hydrolysis) is 1. The van der Waals surface area contributed by atoms with Crippen molar-refractivity contribution < 1.29 is 41.9 Å². The lowest BCUT2D eigenvalue weighted by atomic mass is 10.0. The predicted octanol–water partition coefficient (Wildman–Crippen LogP) is 2.99. The van der Waals surface area contributed by atoms with Crippen molar-refractivity contribution in [1.29, 1.82) is 0 Å². The number of carbonyl (C=O) groups is 5. The van der Waals surface area contributed by atoms with Crippen LogP contribution in [0.4, 0.5) is 4.79 Å². The summed E-state index contributed by atoms with van der Waals surface area (Å²) in [5.74, 6) is -2.46. The highest BCUT2D eigenvalue weighted by Gasteiger charge is 2.62. The molecular formula is C38H48N6O9S. The SMILES string of the molecule is O=C1N[C@@H]2C[C@H]3C(=O)N[C@]4(C(=O)NS(=O)(=O)C5CC5)C[C@H]4/C=C\CCCCC[C@H](NC(=O)c4ccc5cccc(c5n4)OCCCCCCO1)C(=O)N3C2. The second kappa shape index (κ2) is 15.9. The molecule has 0 radical (unpaired) electrons. The van der Waals surface area contributed by atoms with E-state index in [1.165, 1.54) is 4.90 Å². The maximum atomic E-state index is 14.5. The highest BCUT2D eigenvalue weighted by Crippen LogP contribution is 2.46. The molecule has 1 saturated heterocycles. The molecule has 4 N–H and O–H groups in total. The van der Waals surface area contributed by atoms with Crippen molar-refractivity contribution in [2.75, 3.05) is 19.8 Å². The Kier molecular flexibility index (Phi) is 11.1. The number of pyridine rings is 1. The lowest BCUT2D eigenvalue weighted by Gasteiger charge is -2.30. The number of carbonyl (C=O) groups excluding carboxylic acids is 5. The van der Waals surface area contributed by atoms with E-state index in [-0.39, 0.29) is 38.1 Å². The Balaban J connectivity index is 1.19. The average molecular weight is 765 g/mol. The zero-order valence-electron chi connectivity index (χ0n) is 30.2. The molecule has 290 valence electrons. The first kappa shape index (κ1) is 37.6. The van der Waals surface area contributed by atoms with Gasteiger partial charge in [0.2, 0.25) is 21.8 Å². The number of rotatable bonds is 3. The van der Waals surface area contributed by atoms with Crippen molar-refractivity contribution >= 4 is 50.6 Å². The minimum absolute atomic E-state index is 0.0148. The minimum atomic E-state index is -3.90. The number of hydrogen-bond acceptors (Lipinski definition) is 10. The normalized spacial score (nSPS) is 29.5. The number of nitrogens with zero attached hydrogens (tertiary/aromatic N) is 2. The Labute approximate surface area is 314 Å². The van der Waals surface area contributed by atoms with E-state index in [1.807, 2.05) is 24.3 Å². The number of amides is 5. The van der Waals surface area contributed by atoms with Crippen LogP contribution in [0.25, 0.3) is 10.9 Å². The fraction of sp³-hybridized carbons (Fsp3) is 0.579. The fourth-order valence-electron chi connectivity index (χ4n) is 7.61. The summed E-state index contributed by atoms with van der Waals surface area (Å²) in [6.45, 7) is 0.585. The van der Waals surface area contributed by atoms with Gasteiger partial charge in [-0.05, 0) is 82.8 Å². The van der Waals surface area contributed by atoms with Crippen LogP contribution in [0.15, 0.2) is 42.5 Å². The van der Waals surface area contributed by atoms with Gasteiger partial charge in [-0.1, -0.05) is 43.2 Å². The average Bonchev–Trinajstić information content (AvgIpc) is 4.07. The monoisotopic (exact) mass is 764 g/mol. The number of ether oxygens (including phenoxy) is 2. The molecule has 16 heteroatoms. The van der Waals surface area contributed by atoms with Gasteiger partial charge in [0.25, 0.3) is 11.8 Å². The van der Waals surface area contributed by atoms with Gasteiger partial charge in [0.1, 0.15) is 34.6 Å². The fourth-order valence-corrected chi connectivity index (χ4v) is 8.98. The Hall–Kier alpha value is -4.73. The van der Waals surface area contributed by atoms with Gasteiger partial charge >= 0.3 is 6.09 Å². The minimum Gasteiger partial charge on any atom is -0.491 e. The van der Waals surface area contributed by atoms with Crippen LogP contribution >= 0.6 is 0 Å². The summed E-state index contributed by atoms with van der Waals surface area (Å²) in [5, 5.41) is 8.67. The molecule has 5 atom stereocenters. The molecule has 2 saturated carbocycles. The summed E-state index contributed by atoms with van der Waals surface area (Å²) >= 11 is 0. The second-order valence-corrected chi connectivity index (χ2v) is 17.0. The van der Waals surface area contributed by atoms with Crippen LogP contribution in [0.1, 0.15) is 94.0 Å². The van der Waals surface area contributed by atoms with Gasteiger partial charge in [-0.2, -0.15) is 0 Å². The van der Waals surface area contributed by atoms with E-state index in [4.69, 9.17) is 9.47 Å². The van der Waals surface area contributed by atoms with Gasteiger partial charge in [-0.3, -0.25) is 23.9 Å². The number of allylic oxidation sites excluding steroid dienone is 1. The van der Waals surface area contributed by atoms with Crippen LogP contribution in [0.3, 0.4) is 0 Å². The predicted molar refractivity (Wildman–Crippen MR) is 197 cm³/mol. The maximum Gasteiger partial charge on any atom is 0.407 e. The first-order chi connectivity index (χ1) is 26.0. The molecule has 5 aliphatic rings. The highest BCUT2D eigenvalue weighted by atomic mass is 32.2. The summed E-state index contributed by atoms with van der Waals surface area (Å²) in [7, 11) is -3.90. The molecule has 4 heterocycles. The van der Waals surface area contributed by atoms with Crippen molar-refractivity contribution in [2.24, 2.45) is 5.92 Å². The molecule has 0 spiro atoms. The van der Waals surface area contributed by atoms with Crippen LogP contribution < -0.4 is 25.4 Å². The van der Waals surface area contributed by atoms with Crippen molar-refractivity contribution in [2.45, 2.75) is 112 Å². The van der Waals surface area contributed by atoms with Crippen LogP contribution in [-0.2, 0) is 29.1 Å². The second-order valence-electron chi connectivity index (χ2n) is 15.0. The van der Waals surface area contributed by atoms with Gasteiger partial charge in [-0.25, -0.2) is 18.2 Å². The maximum absolute atomic E-state index is 14.5. The Bertz CT molecular complexity index is 1930. The van der Waals surface area contributed by atoms with E-state index in [1.54, 1.807) is 18.2 Å². The first-order valence-corrected chi connectivity index (χ1v) is 20.7. The molecule has 2 aromatic rings. The van der Waals surface area contributed by atoms with Crippen LogP contribution in [-0.4, -0.2) is 96.7 Å².